The van der Waals surface area contributed by atoms with E-state index in [-0.39, 0.29) is 0 Å². The number of allylic oxidation sites excluding steroid dienone is 1. The monoisotopic (exact) mass is 232 g/mol. The number of alkyl halides is 1. The highest BCUT2D eigenvalue weighted by molar-refractivity contribution is 6.36. The van der Waals surface area contributed by atoms with Gasteiger partial charge in [-0.25, -0.2) is 4.39 Å². The van der Waals surface area contributed by atoms with Crippen LogP contribution in [0.2, 0.25) is 0 Å². The maximum Gasteiger partial charge on any atom is 0.235 e. The van der Waals surface area contributed by atoms with Crippen LogP contribution in [0.25, 0.3) is 5.57 Å². The Morgan fingerprint density at radius 1 is 1.24 bits per heavy atom. The molecule has 0 heterocycles. The Labute approximate surface area is 104 Å². The van der Waals surface area contributed by atoms with Crippen LogP contribution >= 0.6 is 0 Å². The summed E-state index contributed by atoms with van der Waals surface area (Å²) in [5.41, 5.74) is 5.07. The van der Waals surface area contributed by atoms with Crippen LogP contribution in [-0.4, -0.2) is 14.2 Å². The van der Waals surface area contributed by atoms with Gasteiger partial charge in [-0.05, 0) is 44.4 Å². The molecule has 0 aliphatic rings. The van der Waals surface area contributed by atoms with Gasteiger partial charge in [-0.1, -0.05) is 17.6 Å². The van der Waals surface area contributed by atoms with Gasteiger partial charge in [0, 0.05) is 12.5 Å². The summed E-state index contributed by atoms with van der Waals surface area (Å²) in [4.78, 5) is 0. The molecule has 17 heavy (non-hydrogen) atoms. The first-order valence-corrected chi connectivity index (χ1v) is 5.63. The zero-order valence-corrected chi connectivity index (χ0v) is 11.1. The van der Waals surface area contributed by atoms with Crippen LogP contribution in [0.5, 0.6) is 5.75 Å². The van der Waals surface area contributed by atoms with E-state index in [1.807, 2.05) is 27.7 Å². The average Bonchev–Trinajstić information content (AvgIpc) is 2.22. The van der Waals surface area contributed by atoms with Crippen molar-refractivity contribution in [3.8, 4) is 5.75 Å². The summed E-state index contributed by atoms with van der Waals surface area (Å²) in [6, 6.07) is 0. The van der Waals surface area contributed by atoms with Crippen molar-refractivity contribution < 1.29 is 9.13 Å². The molecule has 0 fully saturated rings. The van der Waals surface area contributed by atoms with Crippen molar-refractivity contribution in [3.05, 3.63) is 28.8 Å². The topological polar surface area (TPSA) is 9.23 Å². The lowest BCUT2D eigenvalue weighted by Crippen LogP contribution is -2.20. The van der Waals surface area contributed by atoms with Crippen molar-refractivity contribution in [1.82, 2.24) is 0 Å². The van der Waals surface area contributed by atoms with Crippen LogP contribution in [0.3, 0.4) is 0 Å². The SMILES string of the molecule is [B]c1c(C)c(C)c(C)c(OC(C)F)c1C(=C)C. The van der Waals surface area contributed by atoms with Crippen LogP contribution in [0, 0.1) is 20.8 Å². The van der Waals surface area contributed by atoms with Crippen LogP contribution in [0.4, 0.5) is 4.39 Å². The number of benzene rings is 1. The fourth-order valence-corrected chi connectivity index (χ4v) is 1.88. The van der Waals surface area contributed by atoms with Crippen molar-refractivity contribution in [2.45, 2.75) is 41.0 Å². The molecule has 1 atom stereocenters. The van der Waals surface area contributed by atoms with Crippen molar-refractivity contribution in [2.24, 2.45) is 0 Å². The summed E-state index contributed by atoms with van der Waals surface area (Å²) in [7, 11) is 6.07. The Bertz CT molecular complexity index is 464. The minimum Gasteiger partial charge on any atom is -0.460 e. The summed E-state index contributed by atoms with van der Waals surface area (Å²) in [6.45, 7) is 12.9. The standard InChI is InChI=1S/C14H18BFO/c1-7(2)12-13(15)9(4)8(3)10(5)14(12)17-11(6)16/h11H,1H2,2-6H3. The Balaban J connectivity index is 3.59. The zero-order valence-electron chi connectivity index (χ0n) is 11.1. The summed E-state index contributed by atoms with van der Waals surface area (Å²) in [5, 5.41) is 0. The van der Waals surface area contributed by atoms with E-state index in [9.17, 15) is 4.39 Å². The first-order valence-electron chi connectivity index (χ1n) is 5.63. The van der Waals surface area contributed by atoms with Gasteiger partial charge in [0.15, 0.2) is 0 Å². The maximum atomic E-state index is 13.1. The second-order valence-electron chi connectivity index (χ2n) is 4.43. The van der Waals surface area contributed by atoms with Gasteiger partial charge in [-0.2, -0.15) is 0 Å². The van der Waals surface area contributed by atoms with Crippen molar-refractivity contribution in [1.29, 1.82) is 0 Å². The molecule has 1 nitrogen and oxygen atoms in total. The molecule has 90 valence electrons. The lowest BCUT2D eigenvalue weighted by Gasteiger charge is -2.22. The molecule has 2 radical (unpaired) electrons. The first kappa shape index (κ1) is 13.8. The summed E-state index contributed by atoms with van der Waals surface area (Å²) in [6.07, 6.45) is -1.37. The highest BCUT2D eigenvalue weighted by Crippen LogP contribution is 2.32. The Kier molecular flexibility index (Phi) is 4.02. The van der Waals surface area contributed by atoms with Crippen molar-refractivity contribution in [2.75, 3.05) is 0 Å². The highest BCUT2D eigenvalue weighted by atomic mass is 19.1. The van der Waals surface area contributed by atoms with Gasteiger partial charge in [0.25, 0.3) is 0 Å². The molecule has 1 aromatic carbocycles. The van der Waals surface area contributed by atoms with Gasteiger partial charge < -0.3 is 4.74 Å². The molecular weight excluding hydrogens is 214 g/mol. The first-order chi connectivity index (χ1) is 7.77. The minimum absolute atomic E-state index is 0.508. The predicted molar refractivity (Wildman–Crippen MR) is 71.9 cm³/mol. The van der Waals surface area contributed by atoms with E-state index in [2.05, 4.69) is 6.58 Å². The second kappa shape index (κ2) is 4.95. The van der Waals surface area contributed by atoms with E-state index in [0.29, 0.717) is 11.2 Å². The predicted octanol–water partition coefficient (Wildman–Crippen LogP) is 3.13. The molecule has 0 N–H and O–H groups in total. The third kappa shape index (κ3) is 2.54. The maximum absolute atomic E-state index is 13.1. The summed E-state index contributed by atoms with van der Waals surface area (Å²) in [5.74, 6) is 0.508. The van der Waals surface area contributed by atoms with Crippen LogP contribution in [-0.2, 0) is 0 Å². The van der Waals surface area contributed by atoms with E-state index in [0.717, 1.165) is 27.8 Å². The van der Waals surface area contributed by atoms with Gasteiger partial charge in [-0.3, -0.25) is 0 Å². The molecule has 3 heteroatoms. The second-order valence-corrected chi connectivity index (χ2v) is 4.43. The Morgan fingerprint density at radius 3 is 2.18 bits per heavy atom. The van der Waals surface area contributed by atoms with Crippen LogP contribution < -0.4 is 10.2 Å². The molecule has 0 saturated heterocycles. The molecule has 0 amide bonds. The number of hydrogen-bond donors (Lipinski definition) is 0. The van der Waals surface area contributed by atoms with Gasteiger partial charge in [0.05, 0.1) is 0 Å². The van der Waals surface area contributed by atoms with E-state index in [1.54, 1.807) is 0 Å². The Morgan fingerprint density at radius 2 is 1.76 bits per heavy atom. The number of hydrogen-bond acceptors (Lipinski definition) is 1. The lowest BCUT2D eigenvalue weighted by atomic mass is 9.79. The smallest absolute Gasteiger partial charge is 0.235 e. The molecule has 1 rings (SSSR count). The van der Waals surface area contributed by atoms with E-state index < -0.39 is 6.36 Å². The van der Waals surface area contributed by atoms with Crippen LogP contribution in [0.15, 0.2) is 6.58 Å². The van der Waals surface area contributed by atoms with Crippen LogP contribution in [0.1, 0.15) is 36.1 Å². The molecule has 0 aromatic heterocycles. The molecule has 0 aliphatic carbocycles. The van der Waals surface area contributed by atoms with E-state index in [1.165, 1.54) is 6.92 Å². The van der Waals surface area contributed by atoms with Crippen molar-refractivity contribution in [3.63, 3.8) is 0 Å². The fourth-order valence-electron chi connectivity index (χ4n) is 1.88. The average molecular weight is 232 g/mol. The fraction of sp³-hybridized carbons (Fsp3) is 0.429. The molecular formula is C14H18BFO. The van der Waals surface area contributed by atoms with Gasteiger partial charge >= 0.3 is 0 Å². The van der Waals surface area contributed by atoms with Gasteiger partial charge in [0.2, 0.25) is 6.36 Å². The Hall–Kier alpha value is -1.25. The molecule has 0 aliphatic heterocycles. The summed E-state index contributed by atoms with van der Waals surface area (Å²) >= 11 is 0. The van der Waals surface area contributed by atoms with Crippen molar-refractivity contribution >= 4 is 18.9 Å². The van der Waals surface area contributed by atoms with Gasteiger partial charge in [0.1, 0.15) is 13.6 Å². The third-order valence-corrected chi connectivity index (χ3v) is 3.07. The number of rotatable bonds is 3. The van der Waals surface area contributed by atoms with Gasteiger partial charge in [-0.15, -0.1) is 0 Å². The third-order valence-electron chi connectivity index (χ3n) is 3.07. The molecule has 1 unspecified atom stereocenters. The normalized spacial score (nSPS) is 12.4. The molecule has 0 saturated carbocycles. The number of halogens is 1. The quantitative estimate of drug-likeness (QED) is 0.727. The molecule has 1 aromatic rings. The largest absolute Gasteiger partial charge is 0.460 e. The molecule has 0 spiro atoms. The zero-order chi connectivity index (χ0) is 13.3. The van der Waals surface area contributed by atoms with E-state index in [4.69, 9.17) is 12.6 Å². The summed E-state index contributed by atoms with van der Waals surface area (Å²) < 4.78 is 18.3. The minimum atomic E-state index is -1.37. The molecule has 0 bridgehead atoms. The number of ether oxygens (including phenoxy) is 1. The highest BCUT2D eigenvalue weighted by Gasteiger charge is 2.17. The lowest BCUT2D eigenvalue weighted by molar-refractivity contribution is 0.0850. The van der Waals surface area contributed by atoms with E-state index >= 15 is 0 Å².